The van der Waals surface area contributed by atoms with Gasteiger partial charge >= 0.3 is 0 Å². The number of carbonyl (C=O) groups excluding carboxylic acids is 4. The van der Waals surface area contributed by atoms with E-state index < -0.39 is 6.10 Å². The number of carbonyl (C=O) groups is 4. The minimum Gasteiger partial charge on any atom is -0.497 e. The molecule has 0 radical (unpaired) electrons. The van der Waals surface area contributed by atoms with Crippen molar-refractivity contribution in [2.75, 3.05) is 20.3 Å². The van der Waals surface area contributed by atoms with Crippen molar-refractivity contribution in [2.24, 2.45) is 0 Å². The predicted octanol–water partition coefficient (Wildman–Crippen LogP) is 6.21. The summed E-state index contributed by atoms with van der Waals surface area (Å²) >= 11 is 2.07. The van der Waals surface area contributed by atoms with Crippen molar-refractivity contribution < 1.29 is 38.5 Å². The van der Waals surface area contributed by atoms with Crippen molar-refractivity contribution in [3.05, 3.63) is 125 Å². The Morgan fingerprint density at radius 3 is 1.76 bits per heavy atom. The number of benzene rings is 4. The van der Waals surface area contributed by atoms with Gasteiger partial charge in [-0.05, 0) is 78.4 Å². The molecule has 50 heavy (non-hydrogen) atoms. The molecule has 2 heterocycles. The Hall–Kier alpha value is -4.78. The first-order chi connectivity index (χ1) is 24.1. The molecule has 0 saturated carbocycles. The highest BCUT2D eigenvalue weighted by Crippen LogP contribution is 2.26. The standard InChI is InChI=1S/C19H19NO5S.C19H19NO3S/c1-24-15-4-2-3-13(10-15)16(21)11-25-14-7-5-12(6-8-14)9-17-18(22)20-19(23)26-17;1-13-3-2-4-14(11-13)9-10-23-16-7-5-15(6-8-16)12-17-18(21)20-19(22)24-17/h2-8,10,16-17,21H,9,11H2,1H3,(H,20,22,23);2-8,11,17H,9-10,12H2,1H3,(H,20,21,22). The largest absolute Gasteiger partial charge is 0.497 e. The molecule has 3 N–H and O–H groups in total. The fraction of sp³-hybridized carbons (Fsp3) is 0.263. The zero-order valence-corrected chi connectivity index (χ0v) is 29.3. The van der Waals surface area contributed by atoms with Crippen LogP contribution in [0.25, 0.3) is 0 Å². The molecular weight excluding hydrogens is 677 g/mol. The van der Waals surface area contributed by atoms with Gasteiger partial charge in [0.25, 0.3) is 10.5 Å². The number of rotatable bonds is 13. The quantitative estimate of drug-likeness (QED) is 0.146. The third-order valence-electron chi connectivity index (χ3n) is 7.85. The normalized spacial score (nSPS) is 17.3. The van der Waals surface area contributed by atoms with E-state index in [4.69, 9.17) is 14.2 Å². The number of nitrogens with one attached hydrogen (secondary N) is 2. The maximum absolute atomic E-state index is 11.6. The lowest BCUT2D eigenvalue weighted by atomic mass is 10.1. The van der Waals surface area contributed by atoms with Gasteiger partial charge in [-0.2, -0.15) is 0 Å². The predicted molar refractivity (Wildman–Crippen MR) is 194 cm³/mol. The molecule has 4 aromatic carbocycles. The second-order valence-corrected chi connectivity index (χ2v) is 14.0. The average molecular weight is 715 g/mol. The second-order valence-electron chi connectivity index (χ2n) is 11.7. The van der Waals surface area contributed by atoms with Crippen LogP contribution in [0.1, 0.15) is 33.9 Å². The molecule has 4 amide bonds. The molecule has 4 aromatic rings. The molecule has 10 nitrogen and oxygen atoms in total. The van der Waals surface area contributed by atoms with Gasteiger partial charge in [0.15, 0.2) is 0 Å². The van der Waals surface area contributed by atoms with E-state index >= 15 is 0 Å². The first-order valence-corrected chi connectivity index (χ1v) is 17.7. The van der Waals surface area contributed by atoms with Crippen LogP contribution in [-0.2, 0) is 28.9 Å². The number of hydrogen-bond acceptors (Lipinski definition) is 10. The Bertz CT molecular complexity index is 1800. The van der Waals surface area contributed by atoms with E-state index in [1.165, 1.54) is 11.1 Å². The number of imide groups is 2. The zero-order valence-electron chi connectivity index (χ0n) is 27.6. The van der Waals surface area contributed by atoms with Crippen LogP contribution in [0.2, 0.25) is 0 Å². The smallest absolute Gasteiger partial charge is 0.286 e. The minimum absolute atomic E-state index is 0.113. The summed E-state index contributed by atoms with van der Waals surface area (Å²) in [5, 5.41) is 13.5. The van der Waals surface area contributed by atoms with Crippen LogP contribution in [0.4, 0.5) is 9.59 Å². The molecular formula is C38H38N2O8S2. The number of ether oxygens (including phenoxy) is 3. The van der Waals surface area contributed by atoms with Crippen molar-refractivity contribution in [1.82, 2.24) is 10.6 Å². The maximum Gasteiger partial charge on any atom is 0.286 e. The summed E-state index contributed by atoms with van der Waals surface area (Å²) in [6.45, 7) is 2.82. The van der Waals surface area contributed by atoms with Crippen molar-refractivity contribution in [2.45, 2.75) is 42.8 Å². The number of amides is 4. The van der Waals surface area contributed by atoms with Gasteiger partial charge in [0, 0.05) is 6.42 Å². The van der Waals surface area contributed by atoms with Crippen LogP contribution in [0, 0.1) is 6.92 Å². The Kier molecular flexibility index (Phi) is 13.0. The molecule has 0 aromatic heterocycles. The van der Waals surface area contributed by atoms with Gasteiger partial charge in [0.05, 0.1) is 24.2 Å². The monoisotopic (exact) mass is 714 g/mol. The second kappa shape index (κ2) is 17.7. The van der Waals surface area contributed by atoms with E-state index in [1.807, 2.05) is 54.6 Å². The van der Waals surface area contributed by atoms with Crippen LogP contribution >= 0.6 is 23.5 Å². The highest BCUT2D eigenvalue weighted by Gasteiger charge is 2.32. The van der Waals surface area contributed by atoms with Crippen LogP contribution < -0.4 is 24.8 Å². The van der Waals surface area contributed by atoms with Crippen molar-refractivity contribution in [3.63, 3.8) is 0 Å². The summed E-state index contributed by atoms with van der Waals surface area (Å²) in [5.41, 5.74) is 5.19. The Labute approximate surface area is 299 Å². The highest BCUT2D eigenvalue weighted by atomic mass is 32.2. The topological polar surface area (TPSA) is 140 Å². The molecule has 2 fully saturated rings. The third-order valence-corrected chi connectivity index (χ3v) is 9.81. The maximum atomic E-state index is 11.6. The lowest BCUT2D eigenvalue weighted by Gasteiger charge is -2.14. The molecule has 2 aliphatic rings. The van der Waals surface area contributed by atoms with Crippen molar-refractivity contribution in [3.8, 4) is 17.2 Å². The van der Waals surface area contributed by atoms with Crippen molar-refractivity contribution >= 4 is 45.8 Å². The summed E-state index contributed by atoms with van der Waals surface area (Å²) in [4.78, 5) is 45.5. The fourth-order valence-electron chi connectivity index (χ4n) is 5.20. The number of methoxy groups -OCH3 is 1. The summed E-state index contributed by atoms with van der Waals surface area (Å²) in [6.07, 6.45) is 1.12. The minimum atomic E-state index is -0.769. The van der Waals surface area contributed by atoms with E-state index in [1.54, 1.807) is 25.3 Å². The Balaban J connectivity index is 0.000000195. The van der Waals surface area contributed by atoms with Gasteiger partial charge in [-0.25, -0.2) is 0 Å². The van der Waals surface area contributed by atoms with E-state index in [0.717, 1.165) is 52.4 Å². The van der Waals surface area contributed by atoms with Crippen LogP contribution in [0.3, 0.4) is 0 Å². The van der Waals surface area contributed by atoms with E-state index in [-0.39, 0.29) is 39.4 Å². The van der Waals surface area contributed by atoms with E-state index in [0.29, 0.717) is 30.9 Å². The first kappa shape index (κ1) is 36.5. The number of thioether (sulfide) groups is 2. The van der Waals surface area contributed by atoms with E-state index in [2.05, 4.69) is 41.8 Å². The van der Waals surface area contributed by atoms with Gasteiger partial charge in [-0.1, -0.05) is 89.8 Å². The highest BCUT2D eigenvalue weighted by molar-refractivity contribution is 8.15. The Morgan fingerprint density at radius 2 is 1.24 bits per heavy atom. The summed E-state index contributed by atoms with van der Waals surface area (Å²) < 4.78 is 16.6. The molecule has 2 saturated heterocycles. The molecule has 0 spiro atoms. The van der Waals surface area contributed by atoms with E-state index in [9.17, 15) is 24.3 Å². The third kappa shape index (κ3) is 10.9. The van der Waals surface area contributed by atoms with Crippen LogP contribution in [0.15, 0.2) is 97.1 Å². The van der Waals surface area contributed by atoms with Crippen molar-refractivity contribution in [1.29, 1.82) is 0 Å². The lowest BCUT2D eigenvalue weighted by molar-refractivity contribution is -0.119. The molecule has 0 bridgehead atoms. The van der Waals surface area contributed by atoms with Crippen LogP contribution in [-0.4, -0.2) is 58.2 Å². The SMILES string of the molecule is COc1cccc(C(O)COc2ccc(CC3SC(=O)NC3=O)cc2)c1.Cc1cccc(CCOc2ccc(CC3SC(=O)NC3=O)cc2)c1. The molecule has 2 aliphatic heterocycles. The number of hydrogen-bond donors (Lipinski definition) is 3. The van der Waals surface area contributed by atoms with Crippen LogP contribution in [0.5, 0.6) is 17.2 Å². The van der Waals surface area contributed by atoms with Gasteiger partial charge < -0.3 is 19.3 Å². The summed E-state index contributed by atoms with van der Waals surface area (Å²) in [5.74, 6) is 1.66. The number of aryl methyl sites for hydroxylation is 1. The molecule has 0 aliphatic carbocycles. The van der Waals surface area contributed by atoms with Gasteiger partial charge in [0.1, 0.15) is 30.0 Å². The molecule has 3 atom stereocenters. The van der Waals surface area contributed by atoms with Gasteiger partial charge in [-0.15, -0.1) is 0 Å². The lowest BCUT2D eigenvalue weighted by Crippen LogP contribution is -2.25. The first-order valence-electron chi connectivity index (χ1n) is 16.0. The molecule has 12 heteroatoms. The molecule has 6 rings (SSSR count). The summed E-state index contributed by atoms with van der Waals surface area (Å²) in [7, 11) is 1.58. The average Bonchev–Trinajstić information content (AvgIpc) is 3.61. The Morgan fingerprint density at radius 1 is 0.680 bits per heavy atom. The zero-order chi connectivity index (χ0) is 35.5. The number of aliphatic hydroxyl groups is 1. The number of aliphatic hydroxyl groups excluding tert-OH is 1. The van der Waals surface area contributed by atoms with Gasteiger partial charge in [-0.3, -0.25) is 29.8 Å². The fourth-order valence-corrected chi connectivity index (χ4v) is 6.92. The summed E-state index contributed by atoms with van der Waals surface area (Å²) in [6, 6.07) is 30.6. The molecule has 3 unspecified atom stereocenters. The van der Waals surface area contributed by atoms with Gasteiger partial charge in [0.2, 0.25) is 11.8 Å². The molecule has 260 valence electrons.